The number of hydrogen-bond donors (Lipinski definition) is 2. The fraction of sp³-hybridized carbons (Fsp3) is 0.467. The van der Waals surface area contributed by atoms with Gasteiger partial charge >= 0.3 is 0 Å². The normalized spacial score (nSPS) is 17.2. The van der Waals surface area contributed by atoms with Gasteiger partial charge in [-0.3, -0.25) is 4.79 Å². The van der Waals surface area contributed by atoms with Gasteiger partial charge in [0.05, 0.1) is 10.5 Å². The van der Waals surface area contributed by atoms with E-state index in [0.717, 1.165) is 11.3 Å². The quantitative estimate of drug-likeness (QED) is 0.814. The standard InChI is InChI=1S/C15H20N2O2S/c1-3-15(4-2,14(16)20)17-13(18)12-9-10-7-5-6-8-11(10)19-12/h5-8,12H,3-4,9H2,1-2H3,(H2,16,20)(H,17,18). The summed E-state index contributed by atoms with van der Waals surface area (Å²) in [5, 5.41) is 2.98. The molecule has 0 radical (unpaired) electrons. The summed E-state index contributed by atoms with van der Waals surface area (Å²) >= 11 is 5.11. The SMILES string of the molecule is CCC(CC)(NC(=O)C1Cc2ccccc2O1)C(N)=S. The van der Waals surface area contributed by atoms with Crippen LogP contribution in [0.25, 0.3) is 0 Å². The monoisotopic (exact) mass is 292 g/mol. The Bertz CT molecular complexity index is 501. The Morgan fingerprint density at radius 2 is 2.10 bits per heavy atom. The van der Waals surface area contributed by atoms with Crippen molar-refractivity contribution >= 4 is 23.1 Å². The maximum atomic E-state index is 12.4. The first-order valence-electron chi connectivity index (χ1n) is 6.89. The molecule has 2 rings (SSSR count). The van der Waals surface area contributed by atoms with Crippen molar-refractivity contribution in [3.05, 3.63) is 29.8 Å². The lowest BCUT2D eigenvalue weighted by atomic mass is 9.92. The summed E-state index contributed by atoms with van der Waals surface area (Å²) in [6, 6.07) is 7.70. The average molecular weight is 292 g/mol. The van der Waals surface area contributed by atoms with E-state index >= 15 is 0 Å². The molecule has 0 saturated carbocycles. The van der Waals surface area contributed by atoms with Crippen LogP contribution in [0.2, 0.25) is 0 Å². The minimum atomic E-state index is -0.620. The van der Waals surface area contributed by atoms with Gasteiger partial charge in [0.1, 0.15) is 5.75 Å². The number of nitrogens with one attached hydrogen (secondary N) is 1. The molecular formula is C15H20N2O2S. The van der Waals surface area contributed by atoms with Crippen LogP contribution in [0.4, 0.5) is 0 Å². The molecule has 1 aromatic carbocycles. The van der Waals surface area contributed by atoms with Crippen LogP contribution in [-0.2, 0) is 11.2 Å². The minimum Gasteiger partial charge on any atom is -0.480 e. The third-order valence-corrected chi connectivity index (χ3v) is 4.37. The Labute approximate surface area is 124 Å². The first kappa shape index (κ1) is 14.8. The summed E-state index contributed by atoms with van der Waals surface area (Å²) in [5.41, 5.74) is 6.24. The number of amides is 1. The maximum Gasteiger partial charge on any atom is 0.262 e. The number of fused-ring (bicyclic) bond motifs is 1. The Kier molecular flexibility index (Phi) is 4.28. The molecule has 20 heavy (non-hydrogen) atoms. The van der Waals surface area contributed by atoms with E-state index in [2.05, 4.69) is 5.32 Å². The highest BCUT2D eigenvalue weighted by Gasteiger charge is 2.36. The van der Waals surface area contributed by atoms with Crippen molar-refractivity contribution in [1.82, 2.24) is 5.32 Å². The van der Waals surface area contributed by atoms with Crippen LogP contribution in [-0.4, -0.2) is 22.5 Å². The maximum absolute atomic E-state index is 12.4. The average Bonchev–Trinajstić information content (AvgIpc) is 2.88. The van der Waals surface area contributed by atoms with Gasteiger partial charge in [-0.05, 0) is 24.5 Å². The summed E-state index contributed by atoms with van der Waals surface area (Å²) in [6.45, 7) is 3.93. The molecule has 1 aliphatic heterocycles. The molecule has 3 N–H and O–H groups in total. The molecule has 1 unspecified atom stereocenters. The Balaban J connectivity index is 2.09. The lowest BCUT2D eigenvalue weighted by molar-refractivity contribution is -0.128. The highest BCUT2D eigenvalue weighted by atomic mass is 32.1. The van der Waals surface area contributed by atoms with E-state index in [9.17, 15) is 4.79 Å². The van der Waals surface area contributed by atoms with Gasteiger partial charge in [0.15, 0.2) is 6.10 Å². The van der Waals surface area contributed by atoms with Crippen LogP contribution in [0, 0.1) is 0 Å². The molecule has 0 fully saturated rings. The number of para-hydroxylation sites is 1. The van der Waals surface area contributed by atoms with Crippen LogP contribution in [0.3, 0.4) is 0 Å². The molecule has 1 atom stereocenters. The van der Waals surface area contributed by atoms with E-state index in [4.69, 9.17) is 22.7 Å². The van der Waals surface area contributed by atoms with Gasteiger partial charge in [-0.1, -0.05) is 44.3 Å². The second-order valence-corrected chi connectivity index (χ2v) is 5.50. The van der Waals surface area contributed by atoms with E-state index in [1.807, 2.05) is 38.1 Å². The molecule has 0 aliphatic carbocycles. The van der Waals surface area contributed by atoms with Gasteiger partial charge in [0.2, 0.25) is 0 Å². The molecule has 5 heteroatoms. The number of rotatable bonds is 5. The topological polar surface area (TPSA) is 64.3 Å². The van der Waals surface area contributed by atoms with Gasteiger partial charge in [-0.2, -0.15) is 0 Å². The van der Waals surface area contributed by atoms with Crippen LogP contribution in [0.5, 0.6) is 5.75 Å². The minimum absolute atomic E-state index is 0.155. The fourth-order valence-corrected chi connectivity index (χ4v) is 2.82. The third-order valence-electron chi connectivity index (χ3n) is 3.98. The molecule has 1 aromatic rings. The molecule has 1 aliphatic rings. The Morgan fingerprint density at radius 3 is 2.65 bits per heavy atom. The Morgan fingerprint density at radius 1 is 1.45 bits per heavy atom. The molecule has 0 aromatic heterocycles. The molecule has 4 nitrogen and oxygen atoms in total. The number of hydrogen-bond acceptors (Lipinski definition) is 3. The molecule has 108 valence electrons. The lowest BCUT2D eigenvalue weighted by Crippen LogP contribution is -2.58. The van der Waals surface area contributed by atoms with Crippen LogP contribution >= 0.6 is 12.2 Å². The molecule has 1 heterocycles. The Hall–Kier alpha value is -1.62. The number of benzene rings is 1. The predicted molar refractivity (Wildman–Crippen MR) is 82.8 cm³/mol. The van der Waals surface area contributed by atoms with E-state index in [0.29, 0.717) is 24.3 Å². The zero-order valence-corrected chi connectivity index (χ0v) is 12.6. The summed E-state index contributed by atoms with van der Waals surface area (Å²) in [6.07, 6.45) is 1.43. The molecule has 1 amide bonds. The van der Waals surface area contributed by atoms with Gasteiger partial charge in [0, 0.05) is 6.42 Å². The van der Waals surface area contributed by atoms with Crippen molar-refractivity contribution in [2.75, 3.05) is 0 Å². The summed E-state index contributed by atoms with van der Waals surface area (Å²) in [5.74, 6) is 0.624. The third kappa shape index (κ3) is 2.63. The zero-order chi connectivity index (χ0) is 14.8. The van der Waals surface area contributed by atoms with E-state index in [1.165, 1.54) is 0 Å². The van der Waals surface area contributed by atoms with Gasteiger partial charge in [-0.15, -0.1) is 0 Å². The van der Waals surface area contributed by atoms with E-state index in [-0.39, 0.29) is 5.91 Å². The summed E-state index contributed by atoms with van der Waals surface area (Å²) < 4.78 is 5.69. The van der Waals surface area contributed by atoms with Crippen LogP contribution in [0.1, 0.15) is 32.3 Å². The summed E-state index contributed by atoms with van der Waals surface area (Å²) in [7, 11) is 0. The van der Waals surface area contributed by atoms with Gasteiger partial charge in [-0.25, -0.2) is 0 Å². The molecule has 0 bridgehead atoms. The van der Waals surface area contributed by atoms with Crippen molar-refractivity contribution in [2.45, 2.75) is 44.8 Å². The number of carbonyl (C=O) groups excluding carboxylic acids is 1. The molecule has 0 spiro atoms. The van der Waals surface area contributed by atoms with Crippen LogP contribution in [0.15, 0.2) is 24.3 Å². The summed E-state index contributed by atoms with van der Waals surface area (Å²) in [4.78, 5) is 12.7. The largest absolute Gasteiger partial charge is 0.480 e. The van der Waals surface area contributed by atoms with Crippen molar-refractivity contribution in [1.29, 1.82) is 0 Å². The van der Waals surface area contributed by atoms with Gasteiger partial charge < -0.3 is 15.8 Å². The predicted octanol–water partition coefficient (Wildman–Crippen LogP) is 1.95. The number of ether oxygens (including phenoxy) is 1. The van der Waals surface area contributed by atoms with Crippen LogP contribution < -0.4 is 15.8 Å². The first-order valence-corrected chi connectivity index (χ1v) is 7.29. The highest BCUT2D eigenvalue weighted by Crippen LogP contribution is 2.28. The van der Waals surface area contributed by atoms with Crippen molar-refractivity contribution in [2.24, 2.45) is 5.73 Å². The second-order valence-electron chi connectivity index (χ2n) is 5.06. The number of thiocarbonyl (C=S) groups is 1. The first-order chi connectivity index (χ1) is 9.52. The number of carbonyl (C=O) groups is 1. The van der Waals surface area contributed by atoms with E-state index < -0.39 is 11.6 Å². The number of nitrogens with two attached hydrogens (primary N) is 1. The molecular weight excluding hydrogens is 272 g/mol. The lowest BCUT2D eigenvalue weighted by Gasteiger charge is -2.32. The van der Waals surface area contributed by atoms with Crippen molar-refractivity contribution in [3.8, 4) is 5.75 Å². The van der Waals surface area contributed by atoms with Crippen molar-refractivity contribution < 1.29 is 9.53 Å². The highest BCUT2D eigenvalue weighted by molar-refractivity contribution is 7.80. The molecule has 0 saturated heterocycles. The smallest absolute Gasteiger partial charge is 0.262 e. The zero-order valence-electron chi connectivity index (χ0n) is 11.8. The second kappa shape index (κ2) is 5.79. The van der Waals surface area contributed by atoms with Crippen molar-refractivity contribution in [3.63, 3.8) is 0 Å². The van der Waals surface area contributed by atoms with Gasteiger partial charge in [0.25, 0.3) is 5.91 Å². The van der Waals surface area contributed by atoms with E-state index in [1.54, 1.807) is 0 Å². The fourth-order valence-electron chi connectivity index (χ4n) is 2.48.